The van der Waals surface area contributed by atoms with Gasteiger partial charge < -0.3 is 5.32 Å². The second kappa shape index (κ2) is 8.23. The first kappa shape index (κ1) is 20.6. The minimum absolute atomic E-state index is 0.158. The number of halogens is 1. The Morgan fingerprint density at radius 3 is 2.68 bits per heavy atom. The monoisotopic (exact) mass is 438 g/mol. The van der Waals surface area contributed by atoms with Crippen LogP contribution in [0.1, 0.15) is 37.2 Å². The Labute approximate surface area is 181 Å². The molecule has 3 aromatic heterocycles. The van der Waals surface area contributed by atoms with Crippen molar-refractivity contribution in [2.24, 2.45) is 0 Å². The molecule has 4 aromatic rings. The van der Waals surface area contributed by atoms with Gasteiger partial charge in [-0.25, -0.2) is 19.0 Å². The summed E-state index contributed by atoms with van der Waals surface area (Å²) in [4.78, 5) is 32.4. The lowest BCUT2D eigenvalue weighted by Gasteiger charge is -2.06. The summed E-state index contributed by atoms with van der Waals surface area (Å²) in [6.07, 6.45) is 3.17. The third-order valence-electron chi connectivity index (χ3n) is 4.47. The standard InChI is InChI=1S/C21H19FN6O2S/c1-11(2)28-19-13(9-24-28)6-14(8-23-19)20(30)27-21-26-18(10-31-21)16-5-4-15(7-17(16)22)25-12(3)29/h4-11H,1-3H3,(H,25,29)(H,26,27,30). The van der Waals surface area contributed by atoms with Gasteiger partial charge in [0.2, 0.25) is 5.91 Å². The molecule has 0 saturated carbocycles. The topological polar surface area (TPSA) is 102 Å². The molecule has 0 saturated heterocycles. The Bertz CT molecular complexity index is 1300. The molecule has 1 aromatic carbocycles. The fraction of sp³-hybridized carbons (Fsp3) is 0.190. The SMILES string of the molecule is CC(=O)Nc1ccc(-c2csc(NC(=O)c3cnc4c(cnn4C(C)C)c3)n2)c(F)c1. The summed E-state index contributed by atoms with van der Waals surface area (Å²) < 4.78 is 16.2. The van der Waals surface area contributed by atoms with Crippen LogP contribution in [0.25, 0.3) is 22.3 Å². The normalized spacial score (nSPS) is 11.1. The molecule has 0 radical (unpaired) electrons. The van der Waals surface area contributed by atoms with Crippen molar-refractivity contribution in [1.29, 1.82) is 0 Å². The smallest absolute Gasteiger partial charge is 0.259 e. The van der Waals surface area contributed by atoms with Crippen molar-refractivity contribution in [1.82, 2.24) is 19.7 Å². The number of nitrogens with one attached hydrogen (secondary N) is 2. The lowest BCUT2D eigenvalue weighted by atomic mass is 10.1. The Balaban J connectivity index is 1.52. The van der Waals surface area contributed by atoms with E-state index in [4.69, 9.17) is 0 Å². The number of amides is 2. The van der Waals surface area contributed by atoms with E-state index in [1.807, 2.05) is 13.8 Å². The highest BCUT2D eigenvalue weighted by molar-refractivity contribution is 7.14. The summed E-state index contributed by atoms with van der Waals surface area (Å²) in [5.74, 6) is -1.17. The largest absolute Gasteiger partial charge is 0.326 e. The van der Waals surface area contributed by atoms with Crippen molar-refractivity contribution in [3.05, 3.63) is 53.4 Å². The van der Waals surface area contributed by atoms with Gasteiger partial charge in [-0.05, 0) is 38.1 Å². The maximum Gasteiger partial charge on any atom is 0.259 e. The van der Waals surface area contributed by atoms with E-state index >= 15 is 0 Å². The van der Waals surface area contributed by atoms with E-state index in [-0.39, 0.29) is 23.4 Å². The number of fused-ring (bicyclic) bond motifs is 1. The molecule has 8 nitrogen and oxygen atoms in total. The second-order valence-corrected chi connectivity index (χ2v) is 8.05. The molecule has 158 valence electrons. The van der Waals surface area contributed by atoms with E-state index in [1.54, 1.807) is 28.4 Å². The number of benzene rings is 1. The quantitative estimate of drug-likeness (QED) is 0.478. The first-order valence-electron chi connectivity index (χ1n) is 9.49. The van der Waals surface area contributed by atoms with Gasteiger partial charge in [-0.2, -0.15) is 5.10 Å². The molecule has 3 heterocycles. The van der Waals surface area contributed by atoms with E-state index in [1.165, 1.54) is 36.6 Å². The van der Waals surface area contributed by atoms with Gasteiger partial charge >= 0.3 is 0 Å². The summed E-state index contributed by atoms with van der Waals surface area (Å²) in [7, 11) is 0. The third kappa shape index (κ3) is 4.29. The van der Waals surface area contributed by atoms with Gasteiger partial charge in [0.15, 0.2) is 10.8 Å². The van der Waals surface area contributed by atoms with E-state index in [9.17, 15) is 14.0 Å². The molecule has 0 aliphatic rings. The van der Waals surface area contributed by atoms with E-state index in [0.717, 1.165) is 5.39 Å². The molecule has 10 heteroatoms. The molecule has 0 aliphatic carbocycles. The van der Waals surface area contributed by atoms with Crippen LogP contribution < -0.4 is 10.6 Å². The minimum atomic E-state index is -0.522. The number of anilines is 2. The van der Waals surface area contributed by atoms with E-state index in [2.05, 4.69) is 25.7 Å². The van der Waals surface area contributed by atoms with Gasteiger partial charge in [-0.15, -0.1) is 11.3 Å². The zero-order chi connectivity index (χ0) is 22.1. The Morgan fingerprint density at radius 1 is 1.16 bits per heavy atom. The third-order valence-corrected chi connectivity index (χ3v) is 5.23. The molecule has 0 bridgehead atoms. The number of carbonyl (C=O) groups excluding carboxylic acids is 2. The average molecular weight is 438 g/mol. The van der Waals surface area contributed by atoms with Crippen molar-refractivity contribution in [3.63, 3.8) is 0 Å². The Morgan fingerprint density at radius 2 is 1.97 bits per heavy atom. The molecule has 2 amide bonds. The number of hydrogen-bond acceptors (Lipinski definition) is 6. The van der Waals surface area contributed by atoms with Crippen molar-refractivity contribution in [2.45, 2.75) is 26.8 Å². The van der Waals surface area contributed by atoms with Gasteiger partial charge in [0.1, 0.15) is 5.82 Å². The van der Waals surface area contributed by atoms with Gasteiger partial charge in [0.25, 0.3) is 5.91 Å². The predicted octanol–water partition coefficient (Wildman–Crippen LogP) is 4.49. The highest BCUT2D eigenvalue weighted by Gasteiger charge is 2.15. The summed E-state index contributed by atoms with van der Waals surface area (Å²) >= 11 is 1.19. The molecule has 31 heavy (non-hydrogen) atoms. The van der Waals surface area contributed by atoms with Crippen molar-refractivity contribution in [3.8, 4) is 11.3 Å². The highest BCUT2D eigenvalue weighted by Crippen LogP contribution is 2.29. The molecule has 0 atom stereocenters. The molecule has 0 spiro atoms. The lowest BCUT2D eigenvalue weighted by Crippen LogP contribution is -2.12. The Kier molecular flexibility index (Phi) is 5.47. The molecular formula is C21H19FN6O2S. The maximum absolute atomic E-state index is 14.4. The number of nitrogens with zero attached hydrogens (tertiary/aromatic N) is 4. The summed E-state index contributed by atoms with van der Waals surface area (Å²) in [5.41, 5.74) is 2.11. The van der Waals surface area contributed by atoms with Crippen molar-refractivity contribution >= 4 is 45.0 Å². The molecule has 0 fully saturated rings. The summed E-state index contributed by atoms with van der Waals surface area (Å²) in [6, 6.07) is 6.23. The zero-order valence-corrected chi connectivity index (χ0v) is 17.8. The fourth-order valence-electron chi connectivity index (χ4n) is 3.07. The number of hydrogen-bond donors (Lipinski definition) is 2. The maximum atomic E-state index is 14.4. The average Bonchev–Trinajstić information content (AvgIpc) is 3.34. The summed E-state index contributed by atoms with van der Waals surface area (Å²) in [5, 5.41) is 12.3. The summed E-state index contributed by atoms with van der Waals surface area (Å²) in [6.45, 7) is 5.36. The van der Waals surface area contributed by atoms with Gasteiger partial charge in [-0.3, -0.25) is 14.9 Å². The van der Waals surface area contributed by atoms with Crippen molar-refractivity contribution in [2.75, 3.05) is 10.6 Å². The predicted molar refractivity (Wildman–Crippen MR) is 118 cm³/mol. The molecule has 0 unspecified atom stereocenters. The highest BCUT2D eigenvalue weighted by atomic mass is 32.1. The first-order valence-corrected chi connectivity index (χ1v) is 10.4. The molecule has 2 N–H and O–H groups in total. The van der Waals surface area contributed by atoms with Crippen LogP contribution in [0.2, 0.25) is 0 Å². The van der Waals surface area contributed by atoms with Gasteiger partial charge in [-0.1, -0.05) is 0 Å². The van der Waals surface area contributed by atoms with Crippen molar-refractivity contribution < 1.29 is 14.0 Å². The lowest BCUT2D eigenvalue weighted by molar-refractivity contribution is -0.114. The van der Waals surface area contributed by atoms with Crippen LogP contribution in [0.5, 0.6) is 0 Å². The molecule has 0 aliphatic heterocycles. The number of aromatic nitrogens is 4. The van der Waals surface area contributed by atoms with Gasteiger partial charge in [0, 0.05) is 41.2 Å². The zero-order valence-electron chi connectivity index (χ0n) is 17.0. The van der Waals surface area contributed by atoms with Crippen LogP contribution in [0, 0.1) is 5.82 Å². The van der Waals surface area contributed by atoms with Crippen LogP contribution >= 0.6 is 11.3 Å². The van der Waals surface area contributed by atoms with E-state index in [0.29, 0.717) is 27.7 Å². The molecule has 4 rings (SSSR count). The van der Waals surface area contributed by atoms with Crippen LogP contribution in [0.4, 0.5) is 15.2 Å². The number of pyridine rings is 1. The number of carbonyl (C=O) groups is 2. The Hall–Kier alpha value is -3.66. The van der Waals surface area contributed by atoms with E-state index < -0.39 is 5.82 Å². The van der Waals surface area contributed by atoms with Crippen LogP contribution in [0.15, 0.2) is 42.0 Å². The number of rotatable bonds is 5. The van der Waals surface area contributed by atoms with Gasteiger partial charge in [0.05, 0.1) is 17.5 Å². The van der Waals surface area contributed by atoms with Crippen LogP contribution in [-0.4, -0.2) is 31.6 Å². The minimum Gasteiger partial charge on any atom is -0.326 e. The molecular weight excluding hydrogens is 419 g/mol. The van der Waals surface area contributed by atoms with Crippen LogP contribution in [-0.2, 0) is 4.79 Å². The van der Waals surface area contributed by atoms with Crippen LogP contribution in [0.3, 0.4) is 0 Å². The number of thiazole rings is 1. The fourth-order valence-corrected chi connectivity index (χ4v) is 3.78. The first-order chi connectivity index (χ1) is 14.8. The second-order valence-electron chi connectivity index (χ2n) is 7.19.